The molecule has 0 bridgehead atoms. The predicted octanol–water partition coefficient (Wildman–Crippen LogP) is 15.4. The maximum atomic E-state index is 6.61. The van der Waals surface area contributed by atoms with Crippen LogP contribution >= 0.6 is 0 Å². The number of aromatic nitrogens is 4. The van der Waals surface area contributed by atoms with E-state index in [9.17, 15) is 0 Å². The van der Waals surface area contributed by atoms with Gasteiger partial charge in [-0.25, -0.2) is 9.97 Å². The summed E-state index contributed by atoms with van der Waals surface area (Å²) in [5.74, 6) is 0.611. The van der Waals surface area contributed by atoms with Crippen molar-refractivity contribution >= 4 is 98.0 Å². The first kappa shape index (κ1) is 34.2. The first-order valence-corrected chi connectivity index (χ1v) is 21.4. The van der Waals surface area contributed by atoms with Gasteiger partial charge in [0.2, 0.25) is 5.95 Å². The molecule has 0 aliphatic carbocycles. The predicted molar refractivity (Wildman–Crippen MR) is 261 cm³/mol. The second-order valence-corrected chi connectivity index (χ2v) is 16.4. The monoisotopic (exact) mass is 802 g/mol. The molecular weight excluding hydrogens is 769 g/mol. The lowest BCUT2D eigenvalue weighted by atomic mass is 9.90. The molecule has 0 amide bonds. The summed E-state index contributed by atoms with van der Waals surface area (Å²) in [6.07, 6.45) is 0. The van der Waals surface area contributed by atoms with Gasteiger partial charge in [-0.1, -0.05) is 152 Å². The van der Waals surface area contributed by atoms with E-state index in [0.29, 0.717) is 5.95 Å². The summed E-state index contributed by atoms with van der Waals surface area (Å²) in [5, 5.41) is 12.7. The number of hydrogen-bond acceptors (Lipinski definition) is 3. The Bertz CT molecular complexity index is 4210. The summed E-state index contributed by atoms with van der Waals surface area (Å²) in [6.45, 7) is 0. The standard InChI is InChI=1S/C58H34N4O/c1-2-17-35(18-3-1)61-51-31-14-10-26-44(51)54-40-23-6-4-19-36(40)47(34-52(54)61)46-33-48-38-21-9-13-30-50(38)62(56(48)41-24-7-5-20-37(41)46)58-59-49-29-12-8-25-43(49)55(60-58)45-28-16-27-42-39-22-11-15-32-53(39)63-57(42)45/h1-34H. The van der Waals surface area contributed by atoms with Crippen molar-refractivity contribution in [2.75, 3.05) is 0 Å². The zero-order valence-corrected chi connectivity index (χ0v) is 33.8. The lowest BCUT2D eigenvalue weighted by Gasteiger charge is -2.16. The molecule has 0 N–H and O–H groups in total. The number of rotatable bonds is 4. The molecule has 14 rings (SSSR count). The van der Waals surface area contributed by atoms with Crippen LogP contribution in [0.2, 0.25) is 0 Å². The molecular formula is C58H34N4O. The molecule has 63 heavy (non-hydrogen) atoms. The van der Waals surface area contributed by atoms with Gasteiger partial charge in [0.25, 0.3) is 0 Å². The quantitative estimate of drug-likeness (QED) is 0.178. The van der Waals surface area contributed by atoms with E-state index in [1.54, 1.807) is 0 Å². The Balaban J connectivity index is 1.09. The highest BCUT2D eigenvalue weighted by Gasteiger charge is 2.24. The lowest BCUT2D eigenvalue weighted by Crippen LogP contribution is -2.04. The highest BCUT2D eigenvalue weighted by Crippen LogP contribution is 2.47. The second kappa shape index (κ2) is 13.0. The smallest absolute Gasteiger partial charge is 0.235 e. The summed E-state index contributed by atoms with van der Waals surface area (Å²) >= 11 is 0. The maximum Gasteiger partial charge on any atom is 0.235 e. The minimum Gasteiger partial charge on any atom is -0.455 e. The van der Waals surface area contributed by atoms with Gasteiger partial charge in [-0.3, -0.25) is 4.57 Å². The average Bonchev–Trinajstić information content (AvgIpc) is 4.01. The molecule has 0 spiro atoms. The number of fused-ring (bicyclic) bond motifs is 14. The van der Waals surface area contributed by atoms with Crippen LogP contribution in [0.15, 0.2) is 211 Å². The third kappa shape index (κ3) is 4.82. The van der Waals surface area contributed by atoms with Crippen molar-refractivity contribution in [3.05, 3.63) is 206 Å². The Morgan fingerprint density at radius 1 is 0.349 bits per heavy atom. The van der Waals surface area contributed by atoms with Crippen LogP contribution in [0.4, 0.5) is 0 Å². The fraction of sp³-hybridized carbons (Fsp3) is 0. The molecule has 0 aliphatic heterocycles. The van der Waals surface area contributed by atoms with Gasteiger partial charge in [0, 0.05) is 54.3 Å². The largest absolute Gasteiger partial charge is 0.455 e. The van der Waals surface area contributed by atoms with Crippen LogP contribution in [0.25, 0.3) is 132 Å². The Labute approximate surface area is 360 Å². The summed E-state index contributed by atoms with van der Waals surface area (Å²) in [6, 6.07) is 73.7. The molecule has 0 aliphatic rings. The molecule has 0 saturated heterocycles. The molecule has 10 aromatic carbocycles. The van der Waals surface area contributed by atoms with E-state index in [1.165, 1.54) is 43.7 Å². The van der Waals surface area contributed by atoms with Gasteiger partial charge < -0.3 is 8.98 Å². The molecule has 0 unspecified atom stereocenters. The van der Waals surface area contributed by atoms with E-state index in [1.807, 2.05) is 12.1 Å². The average molecular weight is 803 g/mol. The number of para-hydroxylation sites is 6. The van der Waals surface area contributed by atoms with Gasteiger partial charge in [0.1, 0.15) is 11.2 Å². The molecule has 0 atom stereocenters. The van der Waals surface area contributed by atoms with E-state index < -0.39 is 0 Å². The molecule has 0 fully saturated rings. The maximum absolute atomic E-state index is 6.61. The zero-order chi connectivity index (χ0) is 41.2. The van der Waals surface area contributed by atoms with Crippen LogP contribution in [0.1, 0.15) is 0 Å². The van der Waals surface area contributed by atoms with E-state index in [4.69, 9.17) is 14.4 Å². The summed E-state index contributed by atoms with van der Waals surface area (Å²) < 4.78 is 11.3. The van der Waals surface area contributed by atoms with Gasteiger partial charge in [0.05, 0.1) is 33.3 Å². The molecule has 14 aromatic rings. The van der Waals surface area contributed by atoms with Crippen LogP contribution in [-0.4, -0.2) is 19.1 Å². The highest BCUT2D eigenvalue weighted by atomic mass is 16.3. The van der Waals surface area contributed by atoms with Crippen molar-refractivity contribution < 1.29 is 4.42 Å². The molecule has 5 heteroatoms. The van der Waals surface area contributed by atoms with Crippen molar-refractivity contribution in [2.45, 2.75) is 0 Å². The van der Waals surface area contributed by atoms with Crippen LogP contribution in [-0.2, 0) is 0 Å². The number of benzene rings is 10. The topological polar surface area (TPSA) is 48.8 Å². The number of hydrogen-bond donors (Lipinski definition) is 0. The second-order valence-electron chi connectivity index (χ2n) is 16.4. The highest BCUT2D eigenvalue weighted by molar-refractivity contribution is 6.28. The summed E-state index contributed by atoms with van der Waals surface area (Å²) in [4.78, 5) is 10.9. The Kier molecular flexibility index (Phi) is 7.05. The van der Waals surface area contributed by atoms with Gasteiger partial charge in [-0.05, 0) is 81.9 Å². The van der Waals surface area contributed by atoms with Crippen LogP contribution in [0.5, 0.6) is 0 Å². The zero-order valence-electron chi connectivity index (χ0n) is 33.8. The minimum atomic E-state index is 0.611. The van der Waals surface area contributed by atoms with E-state index in [0.717, 1.165) is 82.4 Å². The fourth-order valence-electron chi connectivity index (χ4n) is 10.5. The van der Waals surface area contributed by atoms with Crippen molar-refractivity contribution in [1.29, 1.82) is 0 Å². The van der Waals surface area contributed by atoms with E-state index in [-0.39, 0.29) is 0 Å². The first-order chi connectivity index (χ1) is 31.3. The Hall–Kier alpha value is -8.54. The molecule has 0 saturated carbocycles. The Morgan fingerprint density at radius 2 is 0.937 bits per heavy atom. The molecule has 292 valence electrons. The van der Waals surface area contributed by atoms with E-state index >= 15 is 0 Å². The third-order valence-corrected chi connectivity index (χ3v) is 13.1. The lowest BCUT2D eigenvalue weighted by molar-refractivity contribution is 0.670. The summed E-state index contributed by atoms with van der Waals surface area (Å²) in [5.41, 5.74) is 12.3. The van der Waals surface area contributed by atoms with Gasteiger partial charge in [-0.15, -0.1) is 0 Å². The molecule has 4 heterocycles. The van der Waals surface area contributed by atoms with Crippen molar-refractivity contribution in [2.24, 2.45) is 0 Å². The van der Waals surface area contributed by atoms with Gasteiger partial charge in [0.15, 0.2) is 0 Å². The van der Waals surface area contributed by atoms with Crippen molar-refractivity contribution in [1.82, 2.24) is 19.1 Å². The molecule has 5 nitrogen and oxygen atoms in total. The normalized spacial score (nSPS) is 12.1. The van der Waals surface area contributed by atoms with Gasteiger partial charge >= 0.3 is 0 Å². The Morgan fingerprint density at radius 3 is 1.75 bits per heavy atom. The molecule has 4 aromatic heterocycles. The third-order valence-electron chi connectivity index (χ3n) is 13.1. The number of furan rings is 1. The van der Waals surface area contributed by atoms with Crippen LogP contribution in [0, 0.1) is 0 Å². The van der Waals surface area contributed by atoms with Crippen molar-refractivity contribution in [3.63, 3.8) is 0 Å². The number of nitrogens with zero attached hydrogens (tertiary/aromatic N) is 4. The van der Waals surface area contributed by atoms with Crippen molar-refractivity contribution in [3.8, 4) is 34.0 Å². The summed E-state index contributed by atoms with van der Waals surface area (Å²) in [7, 11) is 0. The first-order valence-electron chi connectivity index (χ1n) is 21.4. The van der Waals surface area contributed by atoms with Gasteiger partial charge in [-0.2, -0.15) is 0 Å². The van der Waals surface area contributed by atoms with Crippen LogP contribution < -0.4 is 0 Å². The minimum absolute atomic E-state index is 0.611. The molecule has 0 radical (unpaired) electrons. The van der Waals surface area contributed by atoms with E-state index in [2.05, 4.69) is 203 Å². The fourth-order valence-corrected chi connectivity index (χ4v) is 10.5. The SMILES string of the molecule is c1ccc(-n2c3ccccc3c3c4ccccc4c(-c4cc5c6ccccc6n(-c6nc(-c7cccc8c7oc7ccccc78)c7ccccc7n6)c5c5ccccc45)cc32)cc1. The van der Waals surface area contributed by atoms with Crippen LogP contribution in [0.3, 0.4) is 0 Å².